The molecule has 5 nitrogen and oxygen atoms in total. The van der Waals surface area contributed by atoms with E-state index >= 15 is 0 Å². The van der Waals surface area contributed by atoms with Crippen LogP contribution in [-0.4, -0.2) is 15.1 Å². The van der Waals surface area contributed by atoms with Gasteiger partial charge in [0.15, 0.2) is 11.6 Å². The highest BCUT2D eigenvalue weighted by atomic mass is 16.3. The summed E-state index contributed by atoms with van der Waals surface area (Å²) in [7, 11) is 0. The topological polar surface area (TPSA) is 79.1 Å². The fraction of sp³-hybridized carbons (Fsp3) is 0.467. The van der Waals surface area contributed by atoms with Gasteiger partial charge in [-0.2, -0.15) is 4.98 Å². The van der Waals surface area contributed by atoms with Gasteiger partial charge in [-0.15, -0.1) is 0 Å². The molecule has 1 fully saturated rings. The van der Waals surface area contributed by atoms with E-state index in [9.17, 15) is 9.90 Å². The molecule has 20 heavy (non-hydrogen) atoms. The van der Waals surface area contributed by atoms with Crippen LogP contribution in [0.15, 0.2) is 21.3 Å². The first kappa shape index (κ1) is 13.0. The maximum atomic E-state index is 12.0. The third-order valence-electron chi connectivity index (χ3n) is 3.85. The summed E-state index contributed by atoms with van der Waals surface area (Å²) in [6.07, 6.45) is 1.13. The highest BCUT2D eigenvalue weighted by Gasteiger charge is 2.36. The molecule has 106 valence electrons. The van der Waals surface area contributed by atoms with Crippen LogP contribution in [0.1, 0.15) is 50.4 Å². The average Bonchev–Trinajstić information content (AvgIpc) is 2.90. The molecule has 2 atom stereocenters. The lowest BCUT2D eigenvalue weighted by Crippen LogP contribution is -2.16. The molecule has 0 radical (unpaired) electrons. The molecule has 0 amide bonds. The van der Waals surface area contributed by atoms with Crippen molar-refractivity contribution in [2.24, 2.45) is 5.92 Å². The Bertz CT molecular complexity index is 699. The van der Waals surface area contributed by atoms with Gasteiger partial charge in [0.1, 0.15) is 5.76 Å². The van der Waals surface area contributed by atoms with Crippen molar-refractivity contribution in [2.75, 3.05) is 0 Å². The molecule has 1 saturated carbocycles. The van der Waals surface area contributed by atoms with Crippen molar-refractivity contribution in [3.8, 4) is 17.5 Å². The van der Waals surface area contributed by atoms with E-state index < -0.39 is 0 Å². The van der Waals surface area contributed by atoms with E-state index in [2.05, 4.69) is 16.9 Å². The maximum absolute atomic E-state index is 12.0. The Hall–Kier alpha value is -2.04. The second-order valence-electron chi connectivity index (χ2n) is 5.83. The predicted molar refractivity (Wildman–Crippen MR) is 74.8 cm³/mol. The summed E-state index contributed by atoms with van der Waals surface area (Å²) in [6, 6.07) is 3.70. The lowest BCUT2D eigenvalue weighted by atomic mass is 10.1. The van der Waals surface area contributed by atoms with Crippen LogP contribution in [0.2, 0.25) is 0 Å². The van der Waals surface area contributed by atoms with Crippen LogP contribution in [0.3, 0.4) is 0 Å². The highest BCUT2D eigenvalue weighted by Crippen LogP contribution is 2.47. The van der Waals surface area contributed by atoms with Crippen molar-refractivity contribution in [3.63, 3.8) is 0 Å². The van der Waals surface area contributed by atoms with Crippen molar-refractivity contribution in [2.45, 2.75) is 39.0 Å². The molecule has 2 aromatic heterocycles. The normalized spacial score (nSPS) is 21.4. The number of nitrogens with one attached hydrogen (secondary N) is 1. The number of hydrogen-bond acceptors (Lipinski definition) is 4. The highest BCUT2D eigenvalue weighted by molar-refractivity contribution is 5.49. The number of aromatic nitrogens is 2. The van der Waals surface area contributed by atoms with Gasteiger partial charge in [0.2, 0.25) is 5.88 Å². The second kappa shape index (κ2) is 4.51. The van der Waals surface area contributed by atoms with Gasteiger partial charge in [0.05, 0.1) is 5.56 Å². The molecule has 1 aliphatic rings. The van der Waals surface area contributed by atoms with Crippen LogP contribution in [0.25, 0.3) is 11.6 Å². The van der Waals surface area contributed by atoms with Gasteiger partial charge in [-0.25, -0.2) is 0 Å². The lowest BCUT2D eigenvalue weighted by Gasteiger charge is -2.06. The summed E-state index contributed by atoms with van der Waals surface area (Å²) in [4.78, 5) is 18.7. The molecule has 3 rings (SSSR count). The Kier molecular flexibility index (Phi) is 2.92. The quantitative estimate of drug-likeness (QED) is 0.901. The molecule has 5 heteroatoms. The van der Waals surface area contributed by atoms with Gasteiger partial charge in [0, 0.05) is 5.92 Å². The summed E-state index contributed by atoms with van der Waals surface area (Å²) in [6.45, 7) is 5.85. The standard InChI is InChI=1S/C15H18N2O3/c1-7(2)12-14(18)16-13(17-15(12)19)11-5-4-10(20-11)9-6-8(9)3/h4-5,7-9H,6H2,1-3H3,(H2,16,17,18,19). The lowest BCUT2D eigenvalue weighted by molar-refractivity contribution is 0.438. The van der Waals surface area contributed by atoms with Crippen LogP contribution in [-0.2, 0) is 0 Å². The van der Waals surface area contributed by atoms with Crippen molar-refractivity contribution < 1.29 is 9.52 Å². The number of furan rings is 1. The van der Waals surface area contributed by atoms with Gasteiger partial charge in [-0.3, -0.25) is 4.79 Å². The van der Waals surface area contributed by atoms with E-state index in [0.29, 0.717) is 23.2 Å². The van der Waals surface area contributed by atoms with Gasteiger partial charge < -0.3 is 14.5 Å². The Morgan fingerprint density at radius 3 is 2.70 bits per heavy atom. The molecule has 2 unspecified atom stereocenters. The summed E-state index contributed by atoms with van der Waals surface area (Å²) in [5.41, 5.74) is -0.0171. The first-order valence-electron chi connectivity index (χ1n) is 6.90. The second-order valence-corrected chi connectivity index (χ2v) is 5.83. The van der Waals surface area contributed by atoms with Crippen molar-refractivity contribution in [3.05, 3.63) is 33.8 Å². The Balaban J connectivity index is 1.98. The van der Waals surface area contributed by atoms with Crippen LogP contribution >= 0.6 is 0 Å². The van der Waals surface area contributed by atoms with Crippen molar-refractivity contribution in [1.82, 2.24) is 9.97 Å². The maximum Gasteiger partial charge on any atom is 0.258 e. The number of nitrogens with zero attached hydrogens (tertiary/aromatic N) is 1. The molecule has 0 spiro atoms. The number of H-pyrrole nitrogens is 1. The van der Waals surface area contributed by atoms with Crippen LogP contribution < -0.4 is 5.56 Å². The third kappa shape index (κ3) is 2.13. The molecule has 2 heterocycles. The van der Waals surface area contributed by atoms with E-state index in [1.165, 1.54) is 0 Å². The first-order valence-corrected chi connectivity index (χ1v) is 6.90. The predicted octanol–water partition coefficient (Wildman–Crippen LogP) is 2.98. The van der Waals surface area contributed by atoms with E-state index in [4.69, 9.17) is 4.42 Å². The average molecular weight is 274 g/mol. The monoisotopic (exact) mass is 274 g/mol. The fourth-order valence-corrected chi connectivity index (χ4v) is 2.51. The summed E-state index contributed by atoms with van der Waals surface area (Å²) >= 11 is 0. The van der Waals surface area contributed by atoms with Gasteiger partial charge >= 0.3 is 0 Å². The molecule has 0 aliphatic heterocycles. The molecule has 0 aromatic carbocycles. The Labute approximate surface area is 116 Å². The molecule has 1 aliphatic carbocycles. The van der Waals surface area contributed by atoms with E-state index in [-0.39, 0.29) is 23.2 Å². The summed E-state index contributed by atoms with van der Waals surface area (Å²) in [5, 5.41) is 9.90. The number of rotatable bonds is 3. The van der Waals surface area contributed by atoms with Crippen LogP contribution in [0.4, 0.5) is 0 Å². The van der Waals surface area contributed by atoms with Crippen molar-refractivity contribution in [1.29, 1.82) is 0 Å². The largest absolute Gasteiger partial charge is 0.493 e. The Morgan fingerprint density at radius 1 is 1.45 bits per heavy atom. The minimum Gasteiger partial charge on any atom is -0.493 e. The molecular formula is C15H18N2O3. The van der Waals surface area contributed by atoms with Crippen molar-refractivity contribution >= 4 is 0 Å². The first-order chi connectivity index (χ1) is 9.47. The van der Waals surface area contributed by atoms with Crippen LogP contribution in [0, 0.1) is 5.92 Å². The number of aromatic hydroxyl groups is 1. The zero-order chi connectivity index (χ0) is 14.4. The number of hydrogen-bond donors (Lipinski definition) is 2. The van der Waals surface area contributed by atoms with Gasteiger partial charge in [0.25, 0.3) is 5.56 Å². The minimum absolute atomic E-state index is 0.0835. The zero-order valence-electron chi connectivity index (χ0n) is 11.8. The summed E-state index contributed by atoms with van der Waals surface area (Å²) < 4.78 is 5.73. The van der Waals surface area contributed by atoms with Gasteiger partial charge in [-0.1, -0.05) is 20.8 Å². The molecular weight excluding hydrogens is 256 g/mol. The Morgan fingerprint density at radius 2 is 2.15 bits per heavy atom. The molecule has 0 saturated heterocycles. The molecule has 2 N–H and O–H groups in total. The molecule has 2 aromatic rings. The number of aromatic amines is 1. The van der Waals surface area contributed by atoms with Gasteiger partial charge in [-0.05, 0) is 30.4 Å². The minimum atomic E-state index is -0.319. The van der Waals surface area contributed by atoms with Crippen LogP contribution in [0.5, 0.6) is 5.88 Å². The van der Waals surface area contributed by atoms with E-state index in [0.717, 1.165) is 12.2 Å². The zero-order valence-corrected chi connectivity index (χ0v) is 11.8. The molecule has 0 bridgehead atoms. The summed E-state index contributed by atoms with van der Waals surface area (Å²) in [5.74, 6) is 2.49. The fourth-order valence-electron chi connectivity index (χ4n) is 2.51. The SMILES string of the molecule is CC(C)c1c(O)nc(-c2ccc(C3CC3C)o2)[nH]c1=O. The third-order valence-corrected chi connectivity index (χ3v) is 3.85. The van der Waals surface area contributed by atoms with E-state index in [1.54, 1.807) is 6.07 Å². The van der Waals surface area contributed by atoms with E-state index in [1.807, 2.05) is 19.9 Å². The smallest absolute Gasteiger partial charge is 0.258 e.